The van der Waals surface area contributed by atoms with Crippen LogP contribution in [0.3, 0.4) is 0 Å². The molecule has 90 valence electrons. The van der Waals surface area contributed by atoms with E-state index in [2.05, 4.69) is 9.72 Å². The molecule has 18 heavy (non-hydrogen) atoms. The maximum absolute atomic E-state index is 12.2. The Morgan fingerprint density at radius 1 is 1.06 bits per heavy atom. The van der Waals surface area contributed by atoms with Crippen LogP contribution in [0.5, 0.6) is 0 Å². The summed E-state index contributed by atoms with van der Waals surface area (Å²) in [4.78, 5) is 27.7. The second kappa shape index (κ2) is 5.23. The Balaban J connectivity index is 2.46. The average Bonchev–Trinajstić information content (AvgIpc) is 2.46. The molecule has 0 amide bonds. The van der Waals surface area contributed by atoms with Crippen LogP contribution in [0.25, 0.3) is 0 Å². The van der Waals surface area contributed by atoms with Gasteiger partial charge in [-0.15, -0.1) is 0 Å². The normalized spacial score (nSPS) is 9.83. The molecule has 4 nitrogen and oxygen atoms in total. The van der Waals surface area contributed by atoms with Crippen molar-refractivity contribution in [3.8, 4) is 0 Å². The van der Waals surface area contributed by atoms with E-state index in [-0.39, 0.29) is 11.3 Å². The monoisotopic (exact) mass is 241 g/mol. The fourth-order valence-electron chi connectivity index (χ4n) is 1.62. The Bertz CT molecular complexity index is 579. The van der Waals surface area contributed by atoms with Crippen LogP contribution in [-0.2, 0) is 4.74 Å². The van der Waals surface area contributed by atoms with Gasteiger partial charge in [-0.05, 0) is 18.2 Å². The second-order valence-electron chi connectivity index (χ2n) is 3.61. The maximum atomic E-state index is 12.2. The molecule has 0 N–H and O–H groups in total. The van der Waals surface area contributed by atoms with Gasteiger partial charge >= 0.3 is 5.97 Å². The van der Waals surface area contributed by atoms with Crippen molar-refractivity contribution < 1.29 is 14.3 Å². The lowest BCUT2D eigenvalue weighted by atomic mass is 9.99. The van der Waals surface area contributed by atoms with Crippen LogP contribution < -0.4 is 0 Å². The largest absolute Gasteiger partial charge is 0.465 e. The molecule has 2 aromatic rings. The average molecular weight is 241 g/mol. The van der Waals surface area contributed by atoms with Gasteiger partial charge in [0.1, 0.15) is 0 Å². The molecule has 0 fully saturated rings. The lowest BCUT2D eigenvalue weighted by Gasteiger charge is -2.06. The van der Waals surface area contributed by atoms with E-state index in [4.69, 9.17) is 0 Å². The molecule has 0 aliphatic rings. The zero-order valence-corrected chi connectivity index (χ0v) is 9.79. The van der Waals surface area contributed by atoms with Gasteiger partial charge in [0.25, 0.3) is 0 Å². The number of benzene rings is 1. The molecular weight excluding hydrogens is 230 g/mol. The van der Waals surface area contributed by atoms with Crippen molar-refractivity contribution in [2.75, 3.05) is 7.11 Å². The molecule has 0 aliphatic carbocycles. The molecule has 0 radical (unpaired) electrons. The van der Waals surface area contributed by atoms with Crippen molar-refractivity contribution in [3.05, 3.63) is 65.5 Å². The fraction of sp³-hybridized carbons (Fsp3) is 0.0714. The molecule has 2 rings (SSSR count). The van der Waals surface area contributed by atoms with Gasteiger partial charge in [0.15, 0.2) is 5.78 Å². The Morgan fingerprint density at radius 2 is 1.78 bits per heavy atom. The molecule has 0 spiro atoms. The van der Waals surface area contributed by atoms with Gasteiger partial charge in [0, 0.05) is 23.5 Å². The van der Waals surface area contributed by atoms with E-state index >= 15 is 0 Å². The highest BCUT2D eigenvalue weighted by molar-refractivity contribution is 6.14. The van der Waals surface area contributed by atoms with E-state index in [1.807, 2.05) is 0 Å². The molecule has 1 heterocycles. The summed E-state index contributed by atoms with van der Waals surface area (Å²) in [6, 6.07) is 9.89. The van der Waals surface area contributed by atoms with Gasteiger partial charge < -0.3 is 4.74 Å². The summed E-state index contributed by atoms with van der Waals surface area (Å²) >= 11 is 0. The van der Waals surface area contributed by atoms with Gasteiger partial charge in [0.2, 0.25) is 0 Å². The van der Waals surface area contributed by atoms with Crippen LogP contribution in [0.2, 0.25) is 0 Å². The number of carbonyl (C=O) groups excluding carboxylic acids is 2. The summed E-state index contributed by atoms with van der Waals surface area (Å²) in [5, 5.41) is 0. The van der Waals surface area contributed by atoms with Crippen LogP contribution in [0, 0.1) is 0 Å². The number of aromatic nitrogens is 1. The van der Waals surface area contributed by atoms with Crippen molar-refractivity contribution in [1.82, 2.24) is 4.98 Å². The smallest absolute Gasteiger partial charge is 0.338 e. The first-order valence-corrected chi connectivity index (χ1v) is 5.36. The van der Waals surface area contributed by atoms with Crippen LogP contribution in [0.1, 0.15) is 26.3 Å². The van der Waals surface area contributed by atoms with Gasteiger partial charge in [-0.2, -0.15) is 0 Å². The van der Waals surface area contributed by atoms with Crippen molar-refractivity contribution in [2.24, 2.45) is 0 Å². The summed E-state index contributed by atoms with van der Waals surface area (Å²) in [7, 11) is 1.29. The number of ether oxygens (including phenoxy) is 1. The van der Waals surface area contributed by atoms with Crippen LogP contribution >= 0.6 is 0 Å². The predicted molar refractivity (Wildman–Crippen MR) is 65.5 cm³/mol. The van der Waals surface area contributed by atoms with Crippen LogP contribution in [-0.4, -0.2) is 23.8 Å². The third-order valence-electron chi connectivity index (χ3n) is 2.50. The number of hydrogen-bond donors (Lipinski definition) is 0. The van der Waals surface area contributed by atoms with Gasteiger partial charge in [-0.3, -0.25) is 9.78 Å². The van der Waals surface area contributed by atoms with E-state index in [0.717, 1.165) is 0 Å². The molecule has 1 aromatic carbocycles. The van der Waals surface area contributed by atoms with Crippen molar-refractivity contribution in [1.29, 1.82) is 0 Å². The molecule has 0 bridgehead atoms. The number of esters is 1. The quantitative estimate of drug-likeness (QED) is 0.610. The highest BCUT2D eigenvalue weighted by atomic mass is 16.5. The molecule has 0 aliphatic heterocycles. The molecule has 0 atom stereocenters. The van der Waals surface area contributed by atoms with Crippen molar-refractivity contribution >= 4 is 11.8 Å². The lowest BCUT2D eigenvalue weighted by Crippen LogP contribution is -2.11. The van der Waals surface area contributed by atoms with E-state index < -0.39 is 5.97 Å². The van der Waals surface area contributed by atoms with E-state index in [1.54, 1.807) is 42.6 Å². The number of ketones is 1. The van der Waals surface area contributed by atoms with Gasteiger partial charge in [-0.1, -0.05) is 18.2 Å². The molecule has 4 heteroatoms. The van der Waals surface area contributed by atoms with Crippen molar-refractivity contribution in [3.63, 3.8) is 0 Å². The molecule has 1 aromatic heterocycles. The zero-order valence-electron chi connectivity index (χ0n) is 9.79. The van der Waals surface area contributed by atoms with Gasteiger partial charge in [-0.25, -0.2) is 4.79 Å². The Hall–Kier alpha value is -2.49. The zero-order chi connectivity index (χ0) is 13.0. The third kappa shape index (κ3) is 2.27. The Kier molecular flexibility index (Phi) is 3.48. The minimum atomic E-state index is -0.525. The van der Waals surface area contributed by atoms with E-state index in [0.29, 0.717) is 11.1 Å². The molecular formula is C14H11NO3. The predicted octanol–water partition coefficient (Wildman–Crippen LogP) is 2.10. The van der Waals surface area contributed by atoms with E-state index in [1.165, 1.54) is 13.3 Å². The first-order valence-electron chi connectivity index (χ1n) is 5.36. The first-order chi connectivity index (χ1) is 8.74. The summed E-state index contributed by atoms with van der Waals surface area (Å²) < 4.78 is 4.66. The lowest BCUT2D eigenvalue weighted by molar-refractivity contribution is 0.0597. The highest BCUT2D eigenvalue weighted by Gasteiger charge is 2.18. The van der Waals surface area contributed by atoms with E-state index in [9.17, 15) is 9.59 Å². The molecule has 0 unspecified atom stereocenters. The number of methoxy groups -OCH3 is 1. The topological polar surface area (TPSA) is 56.3 Å². The number of nitrogens with zero attached hydrogens (tertiary/aromatic N) is 1. The molecule has 0 saturated heterocycles. The first kappa shape index (κ1) is 12.0. The van der Waals surface area contributed by atoms with Crippen molar-refractivity contribution in [2.45, 2.75) is 0 Å². The summed E-state index contributed by atoms with van der Waals surface area (Å²) in [6.45, 7) is 0. The second-order valence-corrected chi connectivity index (χ2v) is 3.61. The summed E-state index contributed by atoms with van der Waals surface area (Å²) in [5.74, 6) is -0.771. The maximum Gasteiger partial charge on any atom is 0.338 e. The summed E-state index contributed by atoms with van der Waals surface area (Å²) in [6.07, 6.45) is 3.05. The number of pyridine rings is 1. The number of hydrogen-bond acceptors (Lipinski definition) is 4. The summed E-state index contributed by atoms with van der Waals surface area (Å²) in [5.41, 5.74) is 1.01. The number of carbonyl (C=O) groups is 2. The molecule has 0 saturated carbocycles. The Morgan fingerprint density at radius 3 is 2.39 bits per heavy atom. The third-order valence-corrected chi connectivity index (χ3v) is 2.50. The number of rotatable bonds is 3. The highest BCUT2D eigenvalue weighted by Crippen LogP contribution is 2.14. The Labute approximate surface area is 104 Å². The van der Waals surface area contributed by atoms with Gasteiger partial charge in [0.05, 0.1) is 12.7 Å². The minimum Gasteiger partial charge on any atom is -0.465 e. The van der Waals surface area contributed by atoms with Crippen LogP contribution in [0.15, 0.2) is 48.8 Å². The fourth-order valence-corrected chi connectivity index (χ4v) is 1.62. The SMILES string of the molecule is COC(=O)c1ccccc1C(=O)c1cccnc1. The minimum absolute atomic E-state index is 0.246. The standard InChI is InChI=1S/C14H11NO3/c1-18-14(17)12-7-3-2-6-11(12)13(16)10-5-4-8-15-9-10/h2-9H,1H3. The van der Waals surface area contributed by atoms with Crippen LogP contribution in [0.4, 0.5) is 0 Å².